The van der Waals surface area contributed by atoms with Crippen LogP contribution in [-0.2, 0) is 0 Å². The molecule has 0 aromatic rings. The number of aliphatic hydroxyl groups is 2. The Bertz CT molecular complexity index is 108. The first-order chi connectivity index (χ1) is 5.38. The van der Waals surface area contributed by atoms with Gasteiger partial charge < -0.3 is 10.2 Å². The molecule has 0 spiro atoms. The van der Waals surface area contributed by atoms with Crippen molar-refractivity contribution in [2.75, 3.05) is 26.3 Å². The largest absolute Gasteiger partial charge is 0.396 e. The lowest BCUT2D eigenvalue weighted by Crippen LogP contribution is -2.33. The first kappa shape index (κ1) is 8.97. The Hall–Kier alpha value is -0.120. The van der Waals surface area contributed by atoms with Crippen molar-refractivity contribution in [1.82, 2.24) is 4.90 Å². The van der Waals surface area contributed by atoms with E-state index in [-0.39, 0.29) is 13.2 Å². The van der Waals surface area contributed by atoms with Gasteiger partial charge in [-0.3, -0.25) is 4.90 Å². The Morgan fingerprint density at radius 1 is 1.36 bits per heavy atom. The van der Waals surface area contributed by atoms with E-state index in [1.807, 2.05) is 0 Å². The third-order valence-electron chi connectivity index (χ3n) is 2.31. The van der Waals surface area contributed by atoms with E-state index in [2.05, 4.69) is 4.90 Å². The molecule has 1 heterocycles. The molecule has 1 saturated heterocycles. The molecule has 1 atom stereocenters. The molecule has 0 aliphatic carbocycles. The molecular weight excluding hydrogens is 142 g/mol. The molecule has 0 bridgehead atoms. The summed E-state index contributed by atoms with van der Waals surface area (Å²) in [5, 5.41) is 17.5. The predicted molar refractivity (Wildman–Crippen MR) is 43.4 cm³/mol. The maximum atomic E-state index is 8.93. The van der Waals surface area contributed by atoms with E-state index in [1.165, 1.54) is 6.42 Å². The third-order valence-corrected chi connectivity index (χ3v) is 2.31. The summed E-state index contributed by atoms with van der Waals surface area (Å²) in [6.07, 6.45) is 3.13. The van der Waals surface area contributed by atoms with Gasteiger partial charge in [0.2, 0.25) is 0 Å². The van der Waals surface area contributed by atoms with Crippen LogP contribution < -0.4 is 0 Å². The lowest BCUT2D eigenvalue weighted by atomic mass is 10.2. The van der Waals surface area contributed by atoms with Gasteiger partial charge in [0.25, 0.3) is 0 Å². The first-order valence-corrected chi connectivity index (χ1v) is 4.34. The van der Waals surface area contributed by atoms with E-state index < -0.39 is 0 Å². The molecule has 1 rings (SSSR count). The molecule has 1 unspecified atom stereocenters. The maximum absolute atomic E-state index is 8.93. The molecule has 11 heavy (non-hydrogen) atoms. The van der Waals surface area contributed by atoms with Crippen LogP contribution in [0.3, 0.4) is 0 Å². The highest BCUT2D eigenvalue weighted by Crippen LogP contribution is 2.16. The molecule has 0 amide bonds. The van der Waals surface area contributed by atoms with Crippen LogP contribution in [0, 0.1) is 0 Å². The van der Waals surface area contributed by atoms with Crippen LogP contribution in [0.1, 0.15) is 19.3 Å². The number of rotatable bonds is 4. The molecule has 0 aromatic heterocycles. The van der Waals surface area contributed by atoms with E-state index >= 15 is 0 Å². The molecular formula is C8H17NO2. The highest BCUT2D eigenvalue weighted by molar-refractivity contribution is 4.77. The van der Waals surface area contributed by atoms with Crippen molar-refractivity contribution in [2.24, 2.45) is 0 Å². The van der Waals surface area contributed by atoms with E-state index in [0.717, 1.165) is 25.9 Å². The quantitative estimate of drug-likeness (QED) is 0.598. The summed E-state index contributed by atoms with van der Waals surface area (Å²) in [6.45, 7) is 2.55. The van der Waals surface area contributed by atoms with Gasteiger partial charge in [0.05, 0.1) is 6.61 Å². The van der Waals surface area contributed by atoms with Crippen LogP contribution in [0.25, 0.3) is 0 Å². The molecule has 0 aromatic carbocycles. The molecule has 1 aliphatic heterocycles. The van der Waals surface area contributed by atoms with E-state index in [9.17, 15) is 0 Å². The molecule has 66 valence electrons. The van der Waals surface area contributed by atoms with Gasteiger partial charge in [-0.2, -0.15) is 0 Å². The second kappa shape index (κ2) is 4.70. The number of hydrogen-bond acceptors (Lipinski definition) is 3. The minimum Gasteiger partial charge on any atom is -0.396 e. The molecule has 1 fully saturated rings. The number of nitrogens with zero attached hydrogens (tertiary/aromatic N) is 1. The summed E-state index contributed by atoms with van der Waals surface area (Å²) >= 11 is 0. The highest BCUT2D eigenvalue weighted by Gasteiger charge is 2.22. The summed E-state index contributed by atoms with van der Waals surface area (Å²) in [5.41, 5.74) is 0. The minimum absolute atomic E-state index is 0.259. The zero-order chi connectivity index (χ0) is 8.10. The van der Waals surface area contributed by atoms with Crippen LogP contribution in [0.2, 0.25) is 0 Å². The number of likely N-dealkylation sites (tertiary alicyclic amines) is 1. The molecule has 2 N–H and O–H groups in total. The van der Waals surface area contributed by atoms with Crippen LogP contribution >= 0.6 is 0 Å². The average molecular weight is 159 g/mol. The Kier molecular flexibility index (Phi) is 3.83. The van der Waals surface area contributed by atoms with Crippen LogP contribution in [0.5, 0.6) is 0 Å². The predicted octanol–water partition coefficient (Wildman–Crippen LogP) is -0.175. The fourth-order valence-corrected chi connectivity index (χ4v) is 1.67. The Morgan fingerprint density at radius 3 is 2.82 bits per heavy atom. The zero-order valence-corrected chi connectivity index (χ0v) is 6.87. The van der Waals surface area contributed by atoms with Gasteiger partial charge in [-0.05, 0) is 25.8 Å². The third kappa shape index (κ3) is 2.43. The smallest absolute Gasteiger partial charge is 0.0586 e. The van der Waals surface area contributed by atoms with Crippen molar-refractivity contribution in [3.8, 4) is 0 Å². The van der Waals surface area contributed by atoms with Crippen molar-refractivity contribution in [2.45, 2.75) is 25.3 Å². The van der Waals surface area contributed by atoms with E-state index in [4.69, 9.17) is 10.2 Å². The number of aliphatic hydroxyl groups excluding tert-OH is 2. The van der Waals surface area contributed by atoms with Gasteiger partial charge in [-0.1, -0.05) is 0 Å². The zero-order valence-electron chi connectivity index (χ0n) is 6.87. The maximum Gasteiger partial charge on any atom is 0.0586 e. The minimum atomic E-state index is 0.259. The van der Waals surface area contributed by atoms with Crippen LogP contribution in [0.4, 0.5) is 0 Å². The molecule has 3 nitrogen and oxygen atoms in total. The SMILES string of the molecule is OCCCN1CCCC1CO. The topological polar surface area (TPSA) is 43.7 Å². The van der Waals surface area contributed by atoms with Crippen LogP contribution in [0.15, 0.2) is 0 Å². The van der Waals surface area contributed by atoms with Gasteiger partial charge >= 0.3 is 0 Å². The van der Waals surface area contributed by atoms with Crippen LogP contribution in [-0.4, -0.2) is 47.5 Å². The Morgan fingerprint density at radius 2 is 2.18 bits per heavy atom. The second-order valence-electron chi connectivity index (χ2n) is 3.09. The molecule has 1 aliphatic rings. The normalized spacial score (nSPS) is 26.2. The fraction of sp³-hybridized carbons (Fsp3) is 1.00. The van der Waals surface area contributed by atoms with Crippen molar-refractivity contribution >= 4 is 0 Å². The van der Waals surface area contributed by atoms with Gasteiger partial charge in [0.15, 0.2) is 0 Å². The number of hydrogen-bond donors (Lipinski definition) is 2. The second-order valence-corrected chi connectivity index (χ2v) is 3.09. The standard InChI is InChI=1S/C8H17NO2/c10-6-2-5-9-4-1-3-8(9)7-11/h8,10-11H,1-7H2. The lowest BCUT2D eigenvalue weighted by Gasteiger charge is -2.21. The van der Waals surface area contributed by atoms with E-state index in [1.54, 1.807) is 0 Å². The summed E-state index contributed by atoms with van der Waals surface area (Å²) in [5.74, 6) is 0. The van der Waals surface area contributed by atoms with Gasteiger partial charge in [0, 0.05) is 19.2 Å². The average Bonchev–Trinajstić information content (AvgIpc) is 2.47. The molecule has 0 saturated carbocycles. The Balaban J connectivity index is 2.20. The summed E-state index contributed by atoms with van der Waals surface area (Å²) in [4.78, 5) is 2.26. The highest BCUT2D eigenvalue weighted by atomic mass is 16.3. The van der Waals surface area contributed by atoms with E-state index in [0.29, 0.717) is 6.04 Å². The summed E-state index contributed by atoms with van der Waals surface area (Å²) in [7, 11) is 0. The van der Waals surface area contributed by atoms with Crippen molar-refractivity contribution in [3.63, 3.8) is 0 Å². The fourth-order valence-electron chi connectivity index (χ4n) is 1.67. The Labute approximate surface area is 67.6 Å². The van der Waals surface area contributed by atoms with Gasteiger partial charge in [0.1, 0.15) is 0 Å². The molecule has 0 radical (unpaired) electrons. The van der Waals surface area contributed by atoms with Crippen molar-refractivity contribution in [3.05, 3.63) is 0 Å². The molecule has 3 heteroatoms. The monoisotopic (exact) mass is 159 g/mol. The summed E-state index contributed by atoms with van der Waals surface area (Å²) < 4.78 is 0. The van der Waals surface area contributed by atoms with Gasteiger partial charge in [-0.25, -0.2) is 0 Å². The lowest BCUT2D eigenvalue weighted by molar-refractivity contribution is 0.148. The van der Waals surface area contributed by atoms with Gasteiger partial charge in [-0.15, -0.1) is 0 Å². The first-order valence-electron chi connectivity index (χ1n) is 4.34. The van der Waals surface area contributed by atoms with Crippen molar-refractivity contribution in [1.29, 1.82) is 0 Å². The van der Waals surface area contributed by atoms with Crippen molar-refractivity contribution < 1.29 is 10.2 Å². The summed E-state index contributed by atoms with van der Waals surface area (Å²) in [6, 6.07) is 0.363.